The Labute approximate surface area is 74.9 Å². The Morgan fingerprint density at radius 3 is 2.00 bits per heavy atom. The number of unbranched alkanes of at least 4 members (excludes halogenated alkanes) is 1. The highest BCUT2D eigenvalue weighted by Gasteiger charge is 1.86. The molecule has 0 saturated carbocycles. The summed E-state index contributed by atoms with van der Waals surface area (Å²) in [5, 5.41) is 0. The van der Waals surface area contributed by atoms with Crippen molar-refractivity contribution in [3.8, 4) is 0 Å². The molecule has 0 rings (SSSR count). The third kappa shape index (κ3) is 22.7. The molecule has 0 aromatic heterocycles. The summed E-state index contributed by atoms with van der Waals surface area (Å²) in [6, 6.07) is 0. The number of nitrogens with one attached hydrogen (secondary N) is 1. The molecular weight excluding hydrogens is 182 g/mol. The highest BCUT2D eigenvalue weighted by Crippen LogP contribution is 1.76. The molecule has 0 saturated heterocycles. The molecule has 0 aliphatic heterocycles. The number of hydrogen-bond donors (Lipinski definition) is 1. The van der Waals surface area contributed by atoms with Crippen molar-refractivity contribution < 1.29 is 17.8 Å². The van der Waals surface area contributed by atoms with Crippen molar-refractivity contribution in [2.45, 2.75) is 33.6 Å². The van der Waals surface area contributed by atoms with Gasteiger partial charge in [-0.15, -0.1) is 0 Å². The van der Waals surface area contributed by atoms with Crippen LogP contribution >= 0.6 is 0 Å². The molecule has 0 heterocycles. The molecular formula is C6H14NO4S-. The number of hydrogen-bond acceptors (Lipinski definition) is 4. The molecule has 0 spiro atoms. The highest BCUT2D eigenvalue weighted by molar-refractivity contribution is 7.74. The second kappa shape index (κ2) is 10.5. The van der Waals surface area contributed by atoms with E-state index in [-0.39, 0.29) is 0 Å². The van der Waals surface area contributed by atoms with Crippen molar-refractivity contribution >= 4 is 17.3 Å². The minimum Gasteiger partial charge on any atom is -0.748 e. The van der Waals surface area contributed by atoms with Crippen molar-refractivity contribution in [3.63, 3.8) is 0 Å². The summed E-state index contributed by atoms with van der Waals surface area (Å²) < 4.78 is 22.6. The number of rotatable bonds is 3. The summed E-state index contributed by atoms with van der Waals surface area (Å²) in [6.07, 6.45) is 2.64. The van der Waals surface area contributed by atoms with Gasteiger partial charge in [-0.3, -0.25) is 4.79 Å². The Balaban J connectivity index is 0. The van der Waals surface area contributed by atoms with E-state index in [0.717, 1.165) is 6.92 Å². The average Bonchev–Trinajstić information content (AvgIpc) is 2.01. The maximum atomic E-state index is 9.84. The summed E-state index contributed by atoms with van der Waals surface area (Å²) in [7, 11) is 0. The van der Waals surface area contributed by atoms with Gasteiger partial charge < -0.3 is 4.55 Å². The van der Waals surface area contributed by atoms with E-state index in [9.17, 15) is 13.6 Å². The zero-order chi connectivity index (χ0) is 9.98. The third-order valence-corrected chi connectivity index (χ3v) is 0.973. The predicted octanol–water partition coefficient (Wildman–Crippen LogP) is 0.655. The summed E-state index contributed by atoms with van der Waals surface area (Å²) >= 11 is -2.67. The van der Waals surface area contributed by atoms with E-state index in [1.165, 1.54) is 12.8 Å². The van der Waals surface area contributed by atoms with E-state index in [1.807, 2.05) is 0 Å². The van der Waals surface area contributed by atoms with Crippen LogP contribution in [-0.4, -0.2) is 14.7 Å². The molecule has 0 bridgehead atoms. The largest absolute Gasteiger partial charge is 0.748 e. The van der Waals surface area contributed by atoms with Crippen molar-refractivity contribution in [1.82, 2.24) is 5.48 Å². The second-order valence-corrected chi connectivity index (χ2v) is 2.52. The standard InChI is InChI=1S/C4H10.C2H5NO4S/c1-3-4-2;1-2(4)3-7-8(5)6/h3-4H2,1-2H3;1H3,(H,3,4)(H,5,6)/p-1. The van der Waals surface area contributed by atoms with Gasteiger partial charge in [0.05, 0.1) is 0 Å². The molecule has 1 unspecified atom stereocenters. The average molecular weight is 196 g/mol. The zero-order valence-corrected chi connectivity index (χ0v) is 8.27. The van der Waals surface area contributed by atoms with Crippen LogP contribution in [0.4, 0.5) is 0 Å². The maximum absolute atomic E-state index is 9.84. The van der Waals surface area contributed by atoms with Crippen LogP contribution in [0, 0.1) is 0 Å². The quantitative estimate of drug-likeness (QED) is 0.531. The molecule has 12 heavy (non-hydrogen) atoms. The lowest BCUT2D eigenvalue weighted by atomic mass is 10.4. The number of amides is 1. The molecule has 74 valence electrons. The molecule has 6 heteroatoms. The Kier molecular flexibility index (Phi) is 12.4. The Morgan fingerprint density at radius 2 is 1.92 bits per heavy atom. The fourth-order valence-electron chi connectivity index (χ4n) is 0.0927. The van der Waals surface area contributed by atoms with Crippen molar-refractivity contribution in [2.24, 2.45) is 0 Å². The van der Waals surface area contributed by atoms with E-state index in [0.29, 0.717) is 0 Å². The van der Waals surface area contributed by atoms with Crippen LogP contribution in [0.5, 0.6) is 0 Å². The van der Waals surface area contributed by atoms with E-state index < -0.39 is 17.3 Å². The minimum absolute atomic E-state index is 0.561. The zero-order valence-electron chi connectivity index (χ0n) is 7.46. The maximum Gasteiger partial charge on any atom is 0.241 e. The molecule has 1 amide bonds. The third-order valence-electron chi connectivity index (χ3n) is 0.753. The topological polar surface area (TPSA) is 78.5 Å². The fourth-order valence-corrected chi connectivity index (χ4v) is 0.278. The van der Waals surface area contributed by atoms with Gasteiger partial charge in [0.1, 0.15) is 11.4 Å². The van der Waals surface area contributed by atoms with Crippen LogP contribution in [0.1, 0.15) is 33.6 Å². The number of hydroxylamine groups is 1. The van der Waals surface area contributed by atoms with Gasteiger partial charge in [-0.1, -0.05) is 26.7 Å². The van der Waals surface area contributed by atoms with Crippen LogP contribution in [0.25, 0.3) is 0 Å². The highest BCUT2D eigenvalue weighted by atomic mass is 32.2. The van der Waals surface area contributed by atoms with E-state index in [4.69, 9.17) is 0 Å². The molecule has 0 aromatic rings. The second-order valence-electron chi connectivity index (χ2n) is 1.95. The van der Waals surface area contributed by atoms with Crippen LogP contribution in [0.15, 0.2) is 0 Å². The molecule has 5 nitrogen and oxygen atoms in total. The summed E-state index contributed by atoms with van der Waals surface area (Å²) in [4.78, 5) is 9.84. The minimum atomic E-state index is -2.67. The molecule has 0 aliphatic carbocycles. The lowest BCUT2D eigenvalue weighted by molar-refractivity contribution is -0.125. The van der Waals surface area contributed by atoms with Crippen LogP contribution in [0.2, 0.25) is 0 Å². The molecule has 0 radical (unpaired) electrons. The van der Waals surface area contributed by atoms with Gasteiger partial charge in [-0.25, -0.2) is 9.69 Å². The van der Waals surface area contributed by atoms with Crippen molar-refractivity contribution in [3.05, 3.63) is 0 Å². The first-order valence-corrected chi connectivity index (χ1v) is 4.57. The van der Waals surface area contributed by atoms with Gasteiger partial charge in [-0.2, -0.15) is 4.28 Å². The summed E-state index contributed by atoms with van der Waals surface area (Å²) in [6.45, 7) is 5.49. The SMILES string of the molecule is CC(=O)NOS(=O)[O-].CCCC. The summed E-state index contributed by atoms with van der Waals surface area (Å²) in [5.74, 6) is -0.561. The Bertz CT molecular complexity index is 124. The summed E-state index contributed by atoms with van der Waals surface area (Å²) in [5.41, 5.74) is 1.59. The van der Waals surface area contributed by atoms with Gasteiger partial charge in [0.25, 0.3) is 0 Å². The van der Waals surface area contributed by atoms with E-state index in [2.05, 4.69) is 18.1 Å². The molecule has 1 atom stereocenters. The first-order chi connectivity index (χ1) is 5.54. The fraction of sp³-hybridized carbons (Fsp3) is 0.833. The first kappa shape index (κ1) is 14.1. The molecule has 0 fully saturated rings. The molecule has 0 aromatic carbocycles. The van der Waals surface area contributed by atoms with Crippen molar-refractivity contribution in [2.75, 3.05) is 0 Å². The van der Waals surface area contributed by atoms with E-state index in [1.54, 1.807) is 5.48 Å². The van der Waals surface area contributed by atoms with E-state index >= 15 is 0 Å². The van der Waals surface area contributed by atoms with Crippen LogP contribution in [-0.2, 0) is 20.4 Å². The monoisotopic (exact) mass is 196 g/mol. The molecule has 1 N–H and O–H groups in total. The van der Waals surface area contributed by atoms with Gasteiger partial charge in [0.2, 0.25) is 5.91 Å². The smallest absolute Gasteiger partial charge is 0.241 e. The van der Waals surface area contributed by atoms with Gasteiger partial charge in [0.15, 0.2) is 0 Å². The van der Waals surface area contributed by atoms with Crippen molar-refractivity contribution in [1.29, 1.82) is 0 Å². The van der Waals surface area contributed by atoms with Crippen LogP contribution in [0.3, 0.4) is 0 Å². The Hall–Kier alpha value is -0.460. The number of carbonyl (C=O) groups is 1. The predicted molar refractivity (Wildman–Crippen MR) is 44.4 cm³/mol. The first-order valence-electron chi connectivity index (χ1n) is 3.57. The lowest BCUT2D eigenvalue weighted by Crippen LogP contribution is -2.21. The molecule has 0 aliphatic rings. The van der Waals surface area contributed by atoms with Gasteiger partial charge in [0, 0.05) is 6.92 Å². The lowest BCUT2D eigenvalue weighted by Gasteiger charge is -2.02. The van der Waals surface area contributed by atoms with Gasteiger partial charge in [-0.05, 0) is 0 Å². The van der Waals surface area contributed by atoms with Gasteiger partial charge >= 0.3 is 0 Å². The Morgan fingerprint density at radius 1 is 1.50 bits per heavy atom. The number of carbonyl (C=O) groups excluding carboxylic acids is 1. The normalized spacial score (nSPS) is 11.0. The van der Waals surface area contributed by atoms with Crippen LogP contribution < -0.4 is 5.48 Å².